The van der Waals surface area contributed by atoms with Crippen LogP contribution in [0.15, 0.2) is 34.5 Å². The Kier molecular flexibility index (Phi) is 3.39. The molecule has 0 bridgehead atoms. The van der Waals surface area contributed by atoms with Gasteiger partial charge in [-0.2, -0.15) is 0 Å². The first kappa shape index (κ1) is 10.7. The highest BCUT2D eigenvalue weighted by Gasteiger charge is 2.03. The molecule has 0 atom stereocenters. The molecule has 0 aromatic heterocycles. The van der Waals surface area contributed by atoms with Crippen molar-refractivity contribution in [2.45, 2.75) is 0 Å². The maximum Gasteiger partial charge on any atom is 0.335 e. The molecule has 0 unspecified atom stereocenters. The fourth-order valence-corrected chi connectivity index (χ4v) is 0.937. The monoisotopic (exact) mass is 206 g/mol. The number of rotatable bonds is 3. The van der Waals surface area contributed by atoms with E-state index in [-0.39, 0.29) is 11.4 Å². The molecule has 0 saturated carbocycles. The number of benzene rings is 1. The second-order valence-electron chi connectivity index (χ2n) is 2.63. The van der Waals surface area contributed by atoms with E-state index in [0.717, 1.165) is 6.34 Å². The number of nitrogens with zero attached hydrogens (tertiary/aromatic N) is 2. The van der Waals surface area contributed by atoms with Gasteiger partial charge in [-0.15, -0.1) is 10.2 Å². The Hall–Kier alpha value is -2.37. The van der Waals surface area contributed by atoms with Gasteiger partial charge in [-0.3, -0.25) is 0 Å². The quantitative estimate of drug-likeness (QED) is 0.366. The molecule has 0 fully saturated rings. The van der Waals surface area contributed by atoms with Crippen LogP contribution in [0.2, 0.25) is 0 Å². The normalized spacial score (nSPS) is 11.9. The number of hydrogen-bond donors (Lipinski definition) is 3. The average Bonchev–Trinajstić information content (AvgIpc) is 2.26. The third-order valence-electron chi connectivity index (χ3n) is 1.66. The third kappa shape index (κ3) is 2.80. The molecule has 78 valence electrons. The maximum atomic E-state index is 10.6. The number of hydrogen-bond acceptors (Lipinski definition) is 3. The number of amidine groups is 1. The summed E-state index contributed by atoms with van der Waals surface area (Å²) in [5.74, 6) is -0.814. The summed E-state index contributed by atoms with van der Waals surface area (Å²) in [6.45, 7) is 0. The summed E-state index contributed by atoms with van der Waals surface area (Å²) in [4.78, 5) is 10.6. The first-order valence-electron chi connectivity index (χ1n) is 4.05. The van der Waals surface area contributed by atoms with E-state index in [1.807, 2.05) is 0 Å². The molecule has 15 heavy (non-hydrogen) atoms. The molecule has 0 radical (unpaired) electrons. The van der Waals surface area contributed by atoms with Crippen LogP contribution in [-0.4, -0.2) is 23.2 Å². The van der Waals surface area contributed by atoms with Crippen molar-refractivity contribution in [3.63, 3.8) is 0 Å². The lowest BCUT2D eigenvalue weighted by Crippen LogP contribution is -2.13. The van der Waals surface area contributed by atoms with Gasteiger partial charge in [-0.05, 0) is 12.1 Å². The van der Waals surface area contributed by atoms with Gasteiger partial charge >= 0.3 is 5.97 Å². The second-order valence-corrected chi connectivity index (χ2v) is 2.63. The first-order valence-corrected chi connectivity index (χ1v) is 4.05. The molecule has 1 rings (SSSR count). The molecular formula is C9H10N4O2. The Labute approximate surface area is 85.9 Å². The minimum atomic E-state index is -0.989. The van der Waals surface area contributed by atoms with Crippen molar-refractivity contribution in [3.8, 4) is 0 Å². The van der Waals surface area contributed by atoms with Gasteiger partial charge in [0.2, 0.25) is 0 Å². The smallest absolute Gasteiger partial charge is 0.335 e. The van der Waals surface area contributed by atoms with Crippen LogP contribution in [0.25, 0.3) is 0 Å². The lowest BCUT2D eigenvalue weighted by molar-refractivity contribution is 0.0697. The van der Waals surface area contributed by atoms with E-state index in [1.165, 1.54) is 12.1 Å². The van der Waals surface area contributed by atoms with Crippen molar-refractivity contribution in [2.24, 2.45) is 21.7 Å². The van der Waals surface area contributed by atoms with E-state index >= 15 is 0 Å². The lowest BCUT2D eigenvalue weighted by Gasteiger charge is -1.99. The molecule has 1 aromatic carbocycles. The topological polar surface area (TPSA) is 114 Å². The zero-order chi connectivity index (χ0) is 11.3. The first-order chi connectivity index (χ1) is 7.15. The second kappa shape index (κ2) is 4.75. The van der Waals surface area contributed by atoms with Gasteiger partial charge in [0.1, 0.15) is 6.34 Å². The summed E-state index contributed by atoms with van der Waals surface area (Å²) in [5.41, 5.74) is 11.3. The summed E-state index contributed by atoms with van der Waals surface area (Å²) in [6, 6.07) is 5.97. The van der Waals surface area contributed by atoms with Crippen molar-refractivity contribution < 1.29 is 9.90 Å². The van der Waals surface area contributed by atoms with Crippen LogP contribution in [0, 0.1) is 0 Å². The number of carbonyl (C=O) groups is 1. The lowest BCUT2D eigenvalue weighted by atomic mass is 10.1. The van der Waals surface area contributed by atoms with E-state index in [2.05, 4.69) is 10.2 Å². The van der Waals surface area contributed by atoms with E-state index in [4.69, 9.17) is 16.6 Å². The summed E-state index contributed by atoms with van der Waals surface area (Å²) in [7, 11) is 0. The molecule has 0 heterocycles. The minimum absolute atomic E-state index is 0.175. The molecule has 0 amide bonds. The van der Waals surface area contributed by atoms with Gasteiger partial charge in [0.15, 0.2) is 5.84 Å². The van der Waals surface area contributed by atoms with E-state index < -0.39 is 5.97 Å². The van der Waals surface area contributed by atoms with Crippen molar-refractivity contribution in [1.82, 2.24) is 0 Å². The predicted molar refractivity (Wildman–Crippen MR) is 56.8 cm³/mol. The molecule has 5 N–H and O–H groups in total. The Morgan fingerprint density at radius 2 is 1.80 bits per heavy atom. The van der Waals surface area contributed by atoms with Crippen LogP contribution < -0.4 is 11.5 Å². The number of nitrogens with two attached hydrogens (primary N) is 2. The number of carboxylic acid groups (broad SMARTS) is 1. The maximum absolute atomic E-state index is 10.6. The molecule has 0 spiro atoms. The average molecular weight is 206 g/mol. The number of aromatic carboxylic acids is 1. The third-order valence-corrected chi connectivity index (χ3v) is 1.66. The van der Waals surface area contributed by atoms with Gasteiger partial charge in [0.25, 0.3) is 0 Å². The van der Waals surface area contributed by atoms with Crippen LogP contribution in [0.3, 0.4) is 0 Å². The molecule has 0 saturated heterocycles. The SMILES string of the molecule is N/C=N\N=C(/N)c1ccc(C(=O)O)cc1. The van der Waals surface area contributed by atoms with E-state index in [0.29, 0.717) is 5.56 Å². The Balaban J connectivity index is 2.93. The van der Waals surface area contributed by atoms with Crippen molar-refractivity contribution in [3.05, 3.63) is 35.4 Å². The Bertz CT molecular complexity index is 409. The fourth-order valence-electron chi connectivity index (χ4n) is 0.937. The van der Waals surface area contributed by atoms with Crippen LogP contribution in [0.4, 0.5) is 0 Å². The molecule has 1 aromatic rings. The van der Waals surface area contributed by atoms with Gasteiger partial charge in [-0.1, -0.05) is 12.1 Å². The van der Waals surface area contributed by atoms with Gasteiger partial charge in [-0.25, -0.2) is 4.79 Å². The van der Waals surface area contributed by atoms with Gasteiger partial charge in [0.05, 0.1) is 5.56 Å². The molecule has 0 aliphatic carbocycles. The van der Waals surface area contributed by atoms with Crippen molar-refractivity contribution >= 4 is 18.1 Å². The molecular weight excluding hydrogens is 196 g/mol. The van der Waals surface area contributed by atoms with Crippen LogP contribution >= 0.6 is 0 Å². The van der Waals surface area contributed by atoms with Crippen molar-refractivity contribution in [2.75, 3.05) is 0 Å². The van der Waals surface area contributed by atoms with Crippen LogP contribution in [0.5, 0.6) is 0 Å². The highest BCUT2D eigenvalue weighted by Crippen LogP contribution is 2.04. The van der Waals surface area contributed by atoms with Crippen molar-refractivity contribution in [1.29, 1.82) is 0 Å². The molecule has 6 heteroatoms. The highest BCUT2D eigenvalue weighted by molar-refractivity contribution is 5.98. The van der Waals surface area contributed by atoms with Crippen LogP contribution in [0.1, 0.15) is 15.9 Å². The summed E-state index contributed by atoms with van der Waals surface area (Å²) in [5, 5.41) is 15.6. The summed E-state index contributed by atoms with van der Waals surface area (Å²) in [6.07, 6.45) is 1.01. The Morgan fingerprint density at radius 1 is 1.27 bits per heavy atom. The Morgan fingerprint density at radius 3 is 2.27 bits per heavy atom. The zero-order valence-corrected chi connectivity index (χ0v) is 7.79. The number of carboxylic acids is 1. The fraction of sp³-hybridized carbons (Fsp3) is 0. The molecule has 0 aliphatic heterocycles. The largest absolute Gasteiger partial charge is 0.478 e. The minimum Gasteiger partial charge on any atom is -0.478 e. The zero-order valence-electron chi connectivity index (χ0n) is 7.79. The predicted octanol–water partition coefficient (Wildman–Crippen LogP) is -0.00790. The van der Waals surface area contributed by atoms with Gasteiger partial charge in [0, 0.05) is 5.56 Å². The standard InChI is InChI=1S/C9H10N4O2/c10-5-12-13-8(11)6-1-3-7(4-2-6)9(14)15/h1-5H,(H2,10,12)(H2,11,13)(H,14,15). The summed E-state index contributed by atoms with van der Waals surface area (Å²) < 4.78 is 0. The molecule has 0 aliphatic rings. The summed E-state index contributed by atoms with van der Waals surface area (Å²) >= 11 is 0. The van der Waals surface area contributed by atoms with E-state index in [1.54, 1.807) is 12.1 Å². The molecule has 6 nitrogen and oxygen atoms in total. The van der Waals surface area contributed by atoms with E-state index in [9.17, 15) is 4.79 Å². The van der Waals surface area contributed by atoms with Gasteiger partial charge < -0.3 is 16.6 Å². The highest BCUT2D eigenvalue weighted by atomic mass is 16.4. The van der Waals surface area contributed by atoms with Crippen LogP contribution in [-0.2, 0) is 0 Å².